The predicted molar refractivity (Wildman–Crippen MR) is 75.4 cm³/mol. The molecule has 0 saturated heterocycles. The van der Waals surface area contributed by atoms with Crippen molar-refractivity contribution in [3.05, 3.63) is 54.1 Å². The van der Waals surface area contributed by atoms with Crippen molar-refractivity contribution in [1.82, 2.24) is 14.4 Å². The van der Waals surface area contributed by atoms with Crippen LogP contribution in [0.3, 0.4) is 0 Å². The zero-order valence-corrected chi connectivity index (χ0v) is 10.3. The van der Waals surface area contributed by atoms with E-state index in [-0.39, 0.29) is 0 Å². The third-order valence-corrected chi connectivity index (χ3v) is 4.16. The van der Waals surface area contributed by atoms with Crippen LogP contribution in [0.5, 0.6) is 0 Å². The van der Waals surface area contributed by atoms with Crippen molar-refractivity contribution in [2.24, 2.45) is 0 Å². The number of hydrogen-bond acceptors (Lipinski definition) is 2. The molecule has 4 aromatic rings. The van der Waals surface area contributed by atoms with Crippen LogP contribution in [0.15, 0.2) is 42.9 Å². The topological polar surface area (TPSA) is 30.2 Å². The highest BCUT2D eigenvalue weighted by Gasteiger charge is 2.19. The van der Waals surface area contributed by atoms with Crippen molar-refractivity contribution in [2.75, 3.05) is 0 Å². The molecule has 1 aromatic carbocycles. The molecule has 0 N–H and O–H groups in total. The minimum Gasteiger partial charge on any atom is -0.296 e. The van der Waals surface area contributed by atoms with Gasteiger partial charge in [0.15, 0.2) is 0 Å². The van der Waals surface area contributed by atoms with E-state index in [1.54, 1.807) is 0 Å². The normalized spacial score (nSPS) is 13.9. The molecule has 0 amide bonds. The number of imidazole rings is 1. The third kappa shape index (κ3) is 1.04. The Hall–Kier alpha value is -2.42. The highest BCUT2D eigenvalue weighted by Crippen LogP contribution is 2.33. The molecule has 90 valence electrons. The van der Waals surface area contributed by atoms with Gasteiger partial charge >= 0.3 is 0 Å². The smallest absolute Gasteiger partial charge is 0.145 e. The van der Waals surface area contributed by atoms with Crippen LogP contribution in [0.2, 0.25) is 0 Å². The van der Waals surface area contributed by atoms with Crippen molar-refractivity contribution in [1.29, 1.82) is 0 Å². The second-order valence-corrected chi connectivity index (χ2v) is 5.15. The molecule has 0 fully saturated rings. The molecule has 3 nitrogen and oxygen atoms in total. The maximum absolute atomic E-state index is 4.64. The third-order valence-electron chi connectivity index (χ3n) is 4.16. The standard InChI is InChI=1S/C16H11N3/c1-2-4-13-12(3-1)14-9-17-7-10-5-6-11-8-18-16(13)19(11)15(10)14/h1-4,7-9H,5-6H2. The second kappa shape index (κ2) is 3.12. The number of rotatable bonds is 0. The van der Waals surface area contributed by atoms with Crippen molar-refractivity contribution < 1.29 is 0 Å². The molecule has 0 atom stereocenters. The van der Waals surface area contributed by atoms with E-state index >= 15 is 0 Å². The lowest BCUT2D eigenvalue weighted by molar-refractivity contribution is 0.870. The molecule has 0 radical (unpaired) electrons. The minimum atomic E-state index is 1.05. The van der Waals surface area contributed by atoms with E-state index in [0.717, 1.165) is 18.5 Å². The SMILES string of the molecule is c1ccc2c(c1)c1cncc3c1n1c(cnc21)CC3. The predicted octanol–water partition coefficient (Wildman–Crippen LogP) is 3.13. The lowest BCUT2D eigenvalue weighted by atomic mass is 10.00. The van der Waals surface area contributed by atoms with Gasteiger partial charge in [0.25, 0.3) is 0 Å². The van der Waals surface area contributed by atoms with Crippen LogP contribution in [0.4, 0.5) is 0 Å². The number of nitrogens with zero attached hydrogens (tertiary/aromatic N) is 3. The molecule has 1 aliphatic heterocycles. The van der Waals surface area contributed by atoms with Crippen molar-refractivity contribution >= 4 is 27.3 Å². The van der Waals surface area contributed by atoms with Gasteiger partial charge < -0.3 is 0 Å². The van der Waals surface area contributed by atoms with E-state index in [2.05, 4.69) is 38.6 Å². The Kier molecular flexibility index (Phi) is 1.56. The van der Waals surface area contributed by atoms with E-state index < -0.39 is 0 Å². The number of fused-ring (bicyclic) bond motifs is 3. The van der Waals surface area contributed by atoms with Crippen LogP contribution in [0, 0.1) is 0 Å². The van der Waals surface area contributed by atoms with Gasteiger partial charge in [-0.05, 0) is 23.8 Å². The Morgan fingerprint density at radius 1 is 0.895 bits per heavy atom. The van der Waals surface area contributed by atoms with Gasteiger partial charge in [0, 0.05) is 35.1 Å². The molecule has 4 heterocycles. The number of aromatic nitrogens is 3. The van der Waals surface area contributed by atoms with Gasteiger partial charge in [-0.2, -0.15) is 0 Å². The Balaban J connectivity index is 2.27. The average Bonchev–Trinajstić information content (AvgIpc) is 2.91. The number of pyridine rings is 2. The summed E-state index contributed by atoms with van der Waals surface area (Å²) in [7, 11) is 0. The van der Waals surface area contributed by atoms with Crippen LogP contribution >= 0.6 is 0 Å². The molecule has 0 spiro atoms. The van der Waals surface area contributed by atoms with Gasteiger partial charge in [0.2, 0.25) is 0 Å². The maximum atomic E-state index is 4.64. The quantitative estimate of drug-likeness (QED) is 0.445. The maximum Gasteiger partial charge on any atom is 0.145 e. The highest BCUT2D eigenvalue weighted by molar-refractivity contribution is 6.12. The summed E-state index contributed by atoms with van der Waals surface area (Å²) in [5.41, 5.74) is 5.01. The Morgan fingerprint density at radius 3 is 2.74 bits per heavy atom. The first-order valence-electron chi connectivity index (χ1n) is 6.57. The van der Waals surface area contributed by atoms with Gasteiger partial charge in [0.1, 0.15) is 5.65 Å². The summed E-state index contributed by atoms with van der Waals surface area (Å²) in [5, 5.41) is 3.69. The molecule has 0 bridgehead atoms. The van der Waals surface area contributed by atoms with E-state index in [0.29, 0.717) is 0 Å². The van der Waals surface area contributed by atoms with Gasteiger partial charge in [-0.15, -0.1) is 0 Å². The van der Waals surface area contributed by atoms with Gasteiger partial charge in [-0.3, -0.25) is 9.38 Å². The van der Waals surface area contributed by atoms with Crippen LogP contribution in [0.1, 0.15) is 11.3 Å². The largest absolute Gasteiger partial charge is 0.296 e. The average molecular weight is 245 g/mol. The van der Waals surface area contributed by atoms with Crippen molar-refractivity contribution in [2.45, 2.75) is 12.8 Å². The summed E-state index contributed by atoms with van der Waals surface area (Å²) in [6.45, 7) is 0. The van der Waals surface area contributed by atoms with E-state index in [4.69, 9.17) is 0 Å². The molecule has 3 aromatic heterocycles. The summed E-state index contributed by atoms with van der Waals surface area (Å²) in [5.74, 6) is 0. The van der Waals surface area contributed by atoms with Crippen molar-refractivity contribution in [3.63, 3.8) is 0 Å². The molecule has 19 heavy (non-hydrogen) atoms. The lowest BCUT2D eigenvalue weighted by Gasteiger charge is -2.17. The van der Waals surface area contributed by atoms with Gasteiger partial charge in [-0.25, -0.2) is 4.98 Å². The number of benzene rings is 1. The molecular weight excluding hydrogens is 234 g/mol. The molecule has 3 heteroatoms. The zero-order valence-electron chi connectivity index (χ0n) is 10.3. The summed E-state index contributed by atoms with van der Waals surface area (Å²) >= 11 is 0. The highest BCUT2D eigenvalue weighted by atomic mass is 15.0. The van der Waals surface area contributed by atoms with E-state index in [9.17, 15) is 0 Å². The lowest BCUT2D eigenvalue weighted by Crippen LogP contribution is -2.07. The molecule has 0 saturated carbocycles. The van der Waals surface area contributed by atoms with Crippen LogP contribution in [-0.4, -0.2) is 14.4 Å². The van der Waals surface area contributed by atoms with Gasteiger partial charge in [0.05, 0.1) is 5.52 Å². The summed E-state index contributed by atoms with van der Waals surface area (Å²) in [6, 6.07) is 8.47. The zero-order chi connectivity index (χ0) is 12.4. The molecular formula is C16H11N3. The van der Waals surface area contributed by atoms with Gasteiger partial charge in [-0.1, -0.05) is 24.3 Å². The van der Waals surface area contributed by atoms with Crippen molar-refractivity contribution in [3.8, 4) is 0 Å². The van der Waals surface area contributed by atoms with E-state index in [1.807, 2.05) is 18.6 Å². The minimum absolute atomic E-state index is 1.05. The molecule has 1 aliphatic rings. The summed E-state index contributed by atoms with van der Waals surface area (Å²) in [4.78, 5) is 9.06. The summed E-state index contributed by atoms with van der Waals surface area (Å²) in [6.07, 6.45) is 8.11. The first-order chi connectivity index (χ1) is 9.43. The fourth-order valence-corrected chi connectivity index (χ4v) is 3.32. The monoisotopic (exact) mass is 245 g/mol. The second-order valence-electron chi connectivity index (χ2n) is 5.15. The summed E-state index contributed by atoms with van der Waals surface area (Å²) < 4.78 is 2.32. The molecule has 0 aliphatic carbocycles. The molecule has 5 rings (SSSR count). The van der Waals surface area contributed by atoms with Crippen LogP contribution < -0.4 is 0 Å². The van der Waals surface area contributed by atoms with Crippen LogP contribution in [-0.2, 0) is 12.8 Å². The Labute approximate surface area is 109 Å². The molecule has 0 unspecified atom stereocenters. The van der Waals surface area contributed by atoms with E-state index in [1.165, 1.54) is 32.9 Å². The fourth-order valence-electron chi connectivity index (χ4n) is 3.32. The first kappa shape index (κ1) is 9.50. The fraction of sp³-hybridized carbons (Fsp3) is 0.125. The number of aryl methyl sites for hydroxylation is 2. The first-order valence-corrected chi connectivity index (χ1v) is 6.57. The Bertz CT molecular complexity index is 966. The number of hydrogen-bond donors (Lipinski definition) is 0. The Morgan fingerprint density at radius 2 is 1.79 bits per heavy atom. The van der Waals surface area contributed by atoms with Crippen LogP contribution in [0.25, 0.3) is 27.3 Å².